The summed E-state index contributed by atoms with van der Waals surface area (Å²) in [7, 11) is 0. The van der Waals surface area contributed by atoms with Crippen LogP contribution in [0.1, 0.15) is 16.7 Å². The molecule has 0 saturated carbocycles. The highest BCUT2D eigenvalue weighted by Gasteiger charge is 2.15. The molecule has 1 aliphatic heterocycles. The molecule has 2 heterocycles. The lowest BCUT2D eigenvalue weighted by atomic mass is 10.0. The van der Waals surface area contributed by atoms with Gasteiger partial charge in [0.15, 0.2) is 4.77 Å². The Kier molecular flexibility index (Phi) is 4.43. The van der Waals surface area contributed by atoms with E-state index in [4.69, 9.17) is 17.0 Å². The van der Waals surface area contributed by atoms with Crippen LogP contribution in [-0.4, -0.2) is 21.3 Å². The third-order valence-corrected chi connectivity index (χ3v) is 4.33. The number of aromatic nitrogens is 2. The number of aliphatic imine (C=N–C) groups is 1. The van der Waals surface area contributed by atoms with Gasteiger partial charge in [-0.25, -0.2) is 0 Å². The molecule has 0 radical (unpaired) electrons. The van der Waals surface area contributed by atoms with Gasteiger partial charge in [-0.2, -0.15) is 0 Å². The fraction of sp³-hybridized carbons (Fsp3) is 0.0500. The number of aromatic amines is 2. The summed E-state index contributed by atoms with van der Waals surface area (Å²) in [5, 5.41) is 9.99. The molecule has 1 aromatic heterocycles. The Morgan fingerprint density at radius 3 is 2.74 bits per heavy atom. The van der Waals surface area contributed by atoms with Crippen LogP contribution in [0.15, 0.2) is 58.3 Å². The van der Waals surface area contributed by atoms with Crippen molar-refractivity contribution in [2.45, 2.75) is 6.61 Å². The van der Waals surface area contributed by atoms with Crippen molar-refractivity contribution in [2.24, 2.45) is 4.99 Å². The largest absolute Gasteiger partial charge is 0.494 e. The summed E-state index contributed by atoms with van der Waals surface area (Å²) in [6.07, 6.45) is 3.21. The third-order valence-electron chi connectivity index (χ3n) is 4.13. The monoisotopic (exact) mass is 377 g/mol. The molecule has 27 heavy (non-hydrogen) atoms. The molecule has 0 amide bonds. The van der Waals surface area contributed by atoms with Crippen LogP contribution < -0.4 is 10.3 Å². The van der Waals surface area contributed by atoms with E-state index in [2.05, 4.69) is 15.0 Å². The Morgan fingerprint density at radius 2 is 1.96 bits per heavy atom. The number of H-pyrrole nitrogens is 2. The van der Waals surface area contributed by atoms with Gasteiger partial charge in [0.2, 0.25) is 5.88 Å². The predicted molar refractivity (Wildman–Crippen MR) is 107 cm³/mol. The van der Waals surface area contributed by atoms with Gasteiger partial charge in [0, 0.05) is 17.4 Å². The average Bonchev–Trinajstić information content (AvgIpc) is 3.06. The highest BCUT2D eigenvalue weighted by Crippen LogP contribution is 2.35. The minimum atomic E-state index is -0.470. The van der Waals surface area contributed by atoms with Gasteiger partial charge in [-0.3, -0.25) is 14.8 Å². The van der Waals surface area contributed by atoms with Crippen LogP contribution in [0.25, 0.3) is 11.6 Å². The Morgan fingerprint density at radius 1 is 1.15 bits per heavy atom. The predicted octanol–water partition coefficient (Wildman–Crippen LogP) is 3.97. The molecule has 0 bridgehead atoms. The second-order valence-corrected chi connectivity index (χ2v) is 6.39. The summed E-state index contributed by atoms with van der Waals surface area (Å²) in [4.78, 5) is 21.4. The Balaban J connectivity index is 1.64. The Bertz CT molecular complexity index is 1180. The van der Waals surface area contributed by atoms with Crippen molar-refractivity contribution in [3.05, 3.63) is 80.3 Å². The van der Waals surface area contributed by atoms with Gasteiger partial charge in [-0.15, -0.1) is 0 Å². The summed E-state index contributed by atoms with van der Waals surface area (Å²) in [5.41, 5.74) is 2.98. The topological polar surface area (TPSA) is 90.5 Å². The highest BCUT2D eigenvalue weighted by molar-refractivity contribution is 7.71. The zero-order valence-electron chi connectivity index (χ0n) is 14.1. The van der Waals surface area contributed by atoms with E-state index in [9.17, 15) is 9.90 Å². The van der Waals surface area contributed by atoms with Gasteiger partial charge in [-0.1, -0.05) is 30.3 Å². The lowest BCUT2D eigenvalue weighted by Crippen LogP contribution is -2.11. The number of ether oxygens (including phenoxy) is 1. The minimum absolute atomic E-state index is 0.0664. The maximum Gasteiger partial charge on any atom is 0.262 e. The molecule has 6 nitrogen and oxygen atoms in total. The molecular formula is C20H15N3O3S. The standard InChI is InChI=1S/C20H15N3O3S/c24-18-16(19(25)23-20(27)22-18)8-13-10-21-17-7-6-14(9-15(13)17)26-11-12-4-2-1-3-5-12/h1-10H,11H2,(H3,22,23,24,25,27)/b13-8+. The molecule has 0 fully saturated rings. The van der Waals surface area contributed by atoms with E-state index in [-0.39, 0.29) is 16.2 Å². The molecule has 1 aliphatic rings. The van der Waals surface area contributed by atoms with Crippen LogP contribution >= 0.6 is 12.2 Å². The first kappa shape index (κ1) is 17.0. The van der Waals surface area contributed by atoms with Gasteiger partial charge in [0.1, 0.15) is 17.9 Å². The van der Waals surface area contributed by atoms with Gasteiger partial charge in [-0.05, 0) is 42.1 Å². The molecule has 7 heteroatoms. The quantitative estimate of drug-likeness (QED) is 0.600. The molecule has 2 aromatic carbocycles. The van der Waals surface area contributed by atoms with Crippen LogP contribution in [0, 0.1) is 4.77 Å². The smallest absolute Gasteiger partial charge is 0.262 e. The summed E-state index contributed by atoms with van der Waals surface area (Å²) < 4.78 is 5.93. The van der Waals surface area contributed by atoms with Crippen molar-refractivity contribution in [2.75, 3.05) is 0 Å². The van der Waals surface area contributed by atoms with Gasteiger partial charge >= 0.3 is 0 Å². The summed E-state index contributed by atoms with van der Waals surface area (Å²) >= 11 is 4.84. The van der Waals surface area contributed by atoms with Crippen LogP contribution in [0.5, 0.6) is 11.6 Å². The summed E-state index contributed by atoms with van der Waals surface area (Å²) in [6.45, 7) is 0.454. The van der Waals surface area contributed by atoms with Gasteiger partial charge in [0.25, 0.3) is 5.56 Å². The van der Waals surface area contributed by atoms with E-state index < -0.39 is 5.56 Å². The maximum atomic E-state index is 12.1. The van der Waals surface area contributed by atoms with Crippen LogP contribution in [0.3, 0.4) is 0 Å². The van der Waals surface area contributed by atoms with Crippen LogP contribution in [0.2, 0.25) is 0 Å². The zero-order chi connectivity index (χ0) is 18.8. The number of aromatic hydroxyl groups is 1. The molecule has 3 aromatic rings. The minimum Gasteiger partial charge on any atom is -0.494 e. The van der Waals surface area contributed by atoms with E-state index in [1.165, 1.54) is 0 Å². The SMILES string of the molecule is O=c1[nH]c(=S)[nH]c(O)c1/C=C1\C=Nc2ccc(OCc3ccccc3)cc21. The normalized spacial score (nSPS) is 13.7. The second-order valence-electron chi connectivity index (χ2n) is 5.98. The molecular weight excluding hydrogens is 362 g/mol. The van der Waals surface area contributed by atoms with Gasteiger partial charge < -0.3 is 14.8 Å². The number of rotatable bonds is 4. The van der Waals surface area contributed by atoms with Crippen molar-refractivity contribution >= 4 is 35.8 Å². The molecule has 0 unspecified atom stereocenters. The Labute approximate surface area is 159 Å². The van der Waals surface area contributed by atoms with Crippen molar-refractivity contribution in [1.82, 2.24) is 9.97 Å². The van der Waals surface area contributed by atoms with Crippen molar-refractivity contribution in [3.8, 4) is 11.6 Å². The molecule has 0 aliphatic carbocycles. The molecule has 134 valence electrons. The van der Waals surface area contributed by atoms with Crippen LogP contribution in [-0.2, 0) is 6.61 Å². The average molecular weight is 377 g/mol. The van der Waals surface area contributed by atoms with E-state index >= 15 is 0 Å². The van der Waals surface area contributed by atoms with E-state index in [1.807, 2.05) is 48.5 Å². The van der Waals surface area contributed by atoms with Crippen molar-refractivity contribution in [3.63, 3.8) is 0 Å². The molecule has 0 atom stereocenters. The number of nitrogens with one attached hydrogen (secondary N) is 2. The molecule has 0 spiro atoms. The van der Waals surface area contributed by atoms with E-state index in [1.54, 1.807) is 12.3 Å². The first-order valence-corrected chi connectivity index (χ1v) is 8.63. The number of benzene rings is 2. The number of allylic oxidation sites excluding steroid dienone is 1. The third kappa shape index (κ3) is 3.58. The fourth-order valence-electron chi connectivity index (χ4n) is 2.79. The summed E-state index contributed by atoms with van der Waals surface area (Å²) in [5.74, 6) is 0.411. The number of nitrogens with zero attached hydrogens (tertiary/aromatic N) is 1. The molecule has 4 rings (SSSR count). The first-order valence-electron chi connectivity index (χ1n) is 8.22. The Hall–Kier alpha value is -3.45. The van der Waals surface area contributed by atoms with Crippen LogP contribution in [0.4, 0.5) is 5.69 Å². The van der Waals surface area contributed by atoms with E-state index in [0.29, 0.717) is 17.9 Å². The number of hydrogen-bond donors (Lipinski definition) is 3. The van der Waals surface area contributed by atoms with Gasteiger partial charge in [0.05, 0.1) is 5.69 Å². The number of fused-ring (bicyclic) bond motifs is 1. The van der Waals surface area contributed by atoms with Crippen molar-refractivity contribution < 1.29 is 9.84 Å². The molecule has 0 saturated heterocycles. The maximum absolute atomic E-state index is 12.1. The zero-order valence-corrected chi connectivity index (χ0v) is 14.9. The number of hydrogen-bond acceptors (Lipinski definition) is 5. The van der Waals surface area contributed by atoms with E-state index in [0.717, 1.165) is 16.8 Å². The lowest BCUT2D eigenvalue weighted by molar-refractivity contribution is 0.306. The fourth-order valence-corrected chi connectivity index (χ4v) is 2.98. The highest BCUT2D eigenvalue weighted by atomic mass is 32.1. The first-order chi connectivity index (χ1) is 13.1. The molecule has 3 N–H and O–H groups in total. The lowest BCUT2D eigenvalue weighted by Gasteiger charge is -2.08. The summed E-state index contributed by atoms with van der Waals surface area (Å²) in [6, 6.07) is 15.5. The second kappa shape index (κ2) is 7.05. The van der Waals surface area contributed by atoms with Crippen molar-refractivity contribution in [1.29, 1.82) is 0 Å².